The maximum absolute atomic E-state index is 14.2. The molecule has 2 aromatic rings. The van der Waals surface area contributed by atoms with Gasteiger partial charge in [-0.15, -0.1) is 12.6 Å². The lowest BCUT2D eigenvalue weighted by molar-refractivity contribution is -0.288. The van der Waals surface area contributed by atoms with E-state index in [2.05, 4.69) is 17.4 Å². The zero-order valence-electron chi connectivity index (χ0n) is 15.2. The van der Waals surface area contributed by atoms with Gasteiger partial charge in [0.25, 0.3) is 0 Å². The highest BCUT2D eigenvalue weighted by molar-refractivity contribution is 7.97. The Hall–Kier alpha value is -3.35. The highest BCUT2D eigenvalue weighted by atomic mass is 32.1. The molecule has 0 fully saturated rings. The molecule has 0 saturated heterocycles. The first-order valence-electron chi connectivity index (χ1n) is 8.28. The van der Waals surface area contributed by atoms with Crippen molar-refractivity contribution < 1.29 is 55.4 Å². The molecule has 3 rings (SSSR count). The SMILES string of the molecule is O=C(O)c1cc(C(c2ccc3c(c2)C(=O)OC3=O)(C(F)(F)F)C(F)(F)F)ccc1C(=O)S. The average molecular weight is 478 g/mol. The molecule has 0 saturated carbocycles. The molecule has 1 heterocycles. The van der Waals surface area contributed by atoms with E-state index in [0.29, 0.717) is 24.3 Å². The zero-order valence-corrected chi connectivity index (χ0v) is 16.1. The number of carbonyl (C=O) groups excluding carboxylic acids is 3. The van der Waals surface area contributed by atoms with Crippen molar-refractivity contribution in [1.82, 2.24) is 0 Å². The summed E-state index contributed by atoms with van der Waals surface area (Å²) in [5.74, 6) is -4.65. The van der Waals surface area contributed by atoms with Crippen molar-refractivity contribution in [3.05, 3.63) is 69.8 Å². The second kappa shape index (κ2) is 7.36. The first-order chi connectivity index (χ1) is 14.6. The molecule has 0 atom stereocenters. The highest BCUT2D eigenvalue weighted by Gasteiger charge is 2.72. The number of rotatable bonds is 4. The zero-order chi connectivity index (χ0) is 24.2. The second-order valence-corrected chi connectivity index (χ2v) is 6.96. The van der Waals surface area contributed by atoms with Crippen LogP contribution < -0.4 is 0 Å². The number of cyclic esters (lactones) is 2. The van der Waals surface area contributed by atoms with Crippen molar-refractivity contribution in [2.24, 2.45) is 0 Å². The summed E-state index contributed by atoms with van der Waals surface area (Å²) in [6, 6.07) is 2.00. The van der Waals surface area contributed by atoms with E-state index in [1.807, 2.05) is 0 Å². The van der Waals surface area contributed by atoms with Crippen LogP contribution in [-0.4, -0.2) is 40.5 Å². The van der Waals surface area contributed by atoms with Crippen LogP contribution in [0.3, 0.4) is 0 Å². The predicted octanol–water partition coefficient (Wildman–Crippen LogP) is 4.18. The molecule has 0 aliphatic carbocycles. The van der Waals surface area contributed by atoms with Gasteiger partial charge in [0, 0.05) is 5.56 Å². The molecule has 32 heavy (non-hydrogen) atoms. The maximum Gasteiger partial charge on any atom is 0.411 e. The minimum Gasteiger partial charge on any atom is -0.478 e. The van der Waals surface area contributed by atoms with Crippen LogP contribution >= 0.6 is 12.6 Å². The van der Waals surface area contributed by atoms with Gasteiger partial charge in [-0.3, -0.25) is 4.79 Å². The molecular weight excluding hydrogens is 470 g/mol. The molecule has 0 spiro atoms. The Morgan fingerprint density at radius 3 is 1.78 bits per heavy atom. The summed E-state index contributed by atoms with van der Waals surface area (Å²) < 4.78 is 89.6. The van der Waals surface area contributed by atoms with Gasteiger partial charge in [-0.1, -0.05) is 12.1 Å². The molecule has 1 N–H and O–H groups in total. The summed E-state index contributed by atoms with van der Waals surface area (Å²) in [6.45, 7) is 0. The van der Waals surface area contributed by atoms with Gasteiger partial charge in [0.2, 0.25) is 10.5 Å². The van der Waals surface area contributed by atoms with Gasteiger partial charge < -0.3 is 9.84 Å². The van der Waals surface area contributed by atoms with E-state index < -0.39 is 74.2 Å². The average Bonchev–Trinajstić information content (AvgIpc) is 2.93. The third kappa shape index (κ3) is 3.32. The molecule has 0 unspecified atom stereocenters. The number of thiol groups is 1. The Balaban J connectivity index is 2.45. The third-order valence-electron chi connectivity index (χ3n) is 4.84. The Morgan fingerprint density at radius 1 is 0.781 bits per heavy atom. The van der Waals surface area contributed by atoms with Crippen molar-refractivity contribution in [2.45, 2.75) is 17.8 Å². The number of esters is 2. The Labute approximate surface area is 179 Å². The molecule has 168 valence electrons. The number of hydrogen-bond acceptors (Lipinski definition) is 5. The molecule has 0 bridgehead atoms. The van der Waals surface area contributed by atoms with E-state index in [1.54, 1.807) is 0 Å². The third-order valence-corrected chi connectivity index (χ3v) is 5.08. The van der Waals surface area contributed by atoms with Crippen molar-refractivity contribution in [2.75, 3.05) is 0 Å². The molecule has 6 nitrogen and oxygen atoms in total. The fourth-order valence-electron chi connectivity index (χ4n) is 3.44. The minimum absolute atomic E-state index is 0.0729. The number of alkyl halides is 6. The topological polar surface area (TPSA) is 97.7 Å². The lowest BCUT2D eigenvalue weighted by atomic mass is 9.71. The molecule has 13 heteroatoms. The largest absolute Gasteiger partial charge is 0.478 e. The van der Waals surface area contributed by atoms with Crippen molar-refractivity contribution in [3.63, 3.8) is 0 Å². The summed E-state index contributed by atoms with van der Waals surface area (Å²) in [7, 11) is 0. The summed E-state index contributed by atoms with van der Waals surface area (Å²) in [6.07, 6.45) is -12.2. The van der Waals surface area contributed by atoms with Gasteiger partial charge in [-0.2, -0.15) is 26.3 Å². The fraction of sp³-hybridized carbons (Fsp3) is 0.158. The monoisotopic (exact) mass is 478 g/mol. The number of carboxylic acid groups (broad SMARTS) is 1. The number of fused-ring (bicyclic) bond motifs is 1. The molecule has 0 aromatic heterocycles. The molecule has 2 aromatic carbocycles. The number of carbonyl (C=O) groups is 4. The number of hydrogen-bond donors (Lipinski definition) is 2. The van der Waals surface area contributed by atoms with Crippen LogP contribution in [0.1, 0.15) is 52.6 Å². The van der Waals surface area contributed by atoms with Gasteiger partial charge in [0.15, 0.2) is 0 Å². The lowest BCUT2D eigenvalue weighted by Crippen LogP contribution is -2.55. The molecule has 0 radical (unpaired) electrons. The van der Waals surface area contributed by atoms with Crippen molar-refractivity contribution in [1.29, 1.82) is 0 Å². The summed E-state index contributed by atoms with van der Waals surface area (Å²) in [5.41, 5.74) is -11.1. The lowest BCUT2D eigenvalue weighted by Gasteiger charge is -2.38. The Kier molecular flexibility index (Phi) is 5.36. The van der Waals surface area contributed by atoms with E-state index in [0.717, 1.165) is 0 Å². The van der Waals surface area contributed by atoms with E-state index in [9.17, 15) is 50.6 Å². The molecule has 0 amide bonds. The van der Waals surface area contributed by atoms with Crippen molar-refractivity contribution >= 4 is 35.7 Å². The van der Waals surface area contributed by atoms with Gasteiger partial charge in [0.1, 0.15) is 0 Å². The van der Waals surface area contributed by atoms with Crippen LogP contribution in [0.15, 0.2) is 36.4 Å². The number of aromatic carboxylic acids is 1. The fourth-order valence-corrected chi connectivity index (χ4v) is 3.64. The van der Waals surface area contributed by atoms with Crippen LogP contribution in [0.5, 0.6) is 0 Å². The summed E-state index contributed by atoms with van der Waals surface area (Å²) >= 11 is 3.38. The normalized spacial score (nSPS) is 14.2. The molecule has 1 aliphatic heterocycles. The van der Waals surface area contributed by atoms with Crippen LogP contribution in [0, 0.1) is 0 Å². The number of halogens is 6. The number of ether oxygens (including phenoxy) is 1. The number of carboxylic acids is 1. The molecular formula is C19H8F6O6S. The van der Waals surface area contributed by atoms with Gasteiger partial charge in [-0.25, -0.2) is 14.4 Å². The van der Waals surface area contributed by atoms with Crippen LogP contribution in [0.2, 0.25) is 0 Å². The standard InChI is InChI=1S/C19H8F6O6S/c20-18(21,22)17(19(23,24)25,7-2-4-10(16(30)32)11(5-7)13(26)27)8-1-3-9-12(6-8)15(29)31-14(9)28/h1-6H,(H,26,27)(H,30,32). The van der Waals surface area contributed by atoms with Crippen molar-refractivity contribution in [3.8, 4) is 0 Å². The highest BCUT2D eigenvalue weighted by Crippen LogP contribution is 2.56. The smallest absolute Gasteiger partial charge is 0.411 e. The first kappa shape index (κ1) is 23.3. The van der Waals surface area contributed by atoms with Gasteiger partial charge in [-0.05, 0) is 35.4 Å². The van der Waals surface area contributed by atoms with Crippen LogP contribution in [0.4, 0.5) is 26.3 Å². The Bertz CT molecular complexity index is 1170. The number of benzene rings is 2. The summed E-state index contributed by atoms with van der Waals surface area (Å²) in [5, 5.41) is 8.03. The minimum atomic E-state index is -6.10. The first-order valence-corrected chi connectivity index (χ1v) is 8.73. The second-order valence-electron chi connectivity index (χ2n) is 6.55. The van der Waals surface area contributed by atoms with Crippen LogP contribution in [-0.2, 0) is 10.2 Å². The molecule has 1 aliphatic rings. The Morgan fingerprint density at radius 2 is 1.28 bits per heavy atom. The van der Waals surface area contributed by atoms with E-state index in [1.165, 1.54) is 0 Å². The predicted molar refractivity (Wildman–Crippen MR) is 95.8 cm³/mol. The van der Waals surface area contributed by atoms with E-state index in [4.69, 9.17) is 0 Å². The maximum atomic E-state index is 14.2. The quantitative estimate of drug-likeness (QED) is 0.296. The van der Waals surface area contributed by atoms with Crippen LogP contribution in [0.25, 0.3) is 0 Å². The summed E-state index contributed by atoms with van der Waals surface area (Å²) in [4.78, 5) is 46.1. The van der Waals surface area contributed by atoms with E-state index in [-0.39, 0.29) is 12.1 Å². The van der Waals surface area contributed by atoms with Gasteiger partial charge >= 0.3 is 30.3 Å². The van der Waals surface area contributed by atoms with Gasteiger partial charge in [0.05, 0.1) is 16.7 Å². The van der Waals surface area contributed by atoms with E-state index >= 15 is 0 Å².